The molecule has 2 heterocycles. The van der Waals surface area contributed by atoms with Crippen molar-refractivity contribution in [2.45, 2.75) is 58.7 Å². The summed E-state index contributed by atoms with van der Waals surface area (Å²) in [4.78, 5) is 50.5. The highest BCUT2D eigenvalue weighted by atomic mass is 35.5. The van der Waals surface area contributed by atoms with E-state index < -0.39 is 23.5 Å². The van der Waals surface area contributed by atoms with Crippen molar-refractivity contribution in [3.63, 3.8) is 0 Å². The van der Waals surface area contributed by atoms with Crippen molar-refractivity contribution in [2.75, 3.05) is 31.3 Å². The maximum Gasteiger partial charge on any atom is 0.247 e. The zero-order chi connectivity index (χ0) is 30.6. The molecule has 0 unspecified atom stereocenters. The number of likely N-dealkylation sites (tertiary alicyclic amines) is 1. The molecular weight excluding hydrogens is 558 g/mol. The van der Waals surface area contributed by atoms with Crippen molar-refractivity contribution in [2.24, 2.45) is 5.41 Å². The minimum Gasteiger partial charge on any atom is -0.494 e. The van der Waals surface area contributed by atoms with Crippen LogP contribution in [0.25, 0.3) is 10.9 Å². The van der Waals surface area contributed by atoms with E-state index in [1.54, 1.807) is 37.1 Å². The Bertz CT molecular complexity index is 1480. The first kappa shape index (κ1) is 31.0. The average molecular weight is 596 g/mol. The lowest BCUT2D eigenvalue weighted by atomic mass is 9.85. The first-order chi connectivity index (χ1) is 19.9. The summed E-state index contributed by atoms with van der Waals surface area (Å²) in [6.45, 7) is 7.81. The predicted octanol–water partition coefficient (Wildman–Crippen LogP) is 4.10. The molecule has 4 N–H and O–H groups in total. The molecule has 1 aliphatic rings. The van der Waals surface area contributed by atoms with E-state index in [4.69, 9.17) is 16.3 Å². The number of amides is 3. The molecule has 12 heteroatoms. The summed E-state index contributed by atoms with van der Waals surface area (Å²) in [7, 11) is 3.19. The van der Waals surface area contributed by atoms with Crippen LogP contribution in [0.4, 0.5) is 17.2 Å². The number of methoxy groups -OCH3 is 1. The standard InChI is InChI=1S/C30H38ClN7O4/c1-17(32-5)27(39)37-25(30(2,3)4)29(41)38-13-9-12-23(38)28(40)36-22-14-18-21(15-24(22)42-6)33-16-34-26(18)35-20-11-8-7-10-19(20)31/h7-8,10-11,14-17,23,25,32H,9,12-13H2,1-6H3,(H,36,40)(H,37,39)(H,33,34,35)/t17-,23-,25+/m0/s1. The van der Waals surface area contributed by atoms with Crippen LogP contribution in [0.15, 0.2) is 42.7 Å². The summed E-state index contributed by atoms with van der Waals surface area (Å²) in [6, 6.07) is 8.77. The number of benzene rings is 2. The number of hydrogen-bond acceptors (Lipinski definition) is 8. The van der Waals surface area contributed by atoms with E-state index in [1.807, 2.05) is 39.0 Å². The highest BCUT2D eigenvalue weighted by Gasteiger charge is 2.42. The first-order valence-electron chi connectivity index (χ1n) is 13.9. The van der Waals surface area contributed by atoms with Gasteiger partial charge in [0, 0.05) is 18.0 Å². The van der Waals surface area contributed by atoms with E-state index in [2.05, 4.69) is 31.2 Å². The molecule has 11 nitrogen and oxygen atoms in total. The average Bonchev–Trinajstić information content (AvgIpc) is 3.46. The SMILES string of the molecule is CN[C@@H](C)C(=O)N[C@H](C(=O)N1CCC[C@H]1C(=O)Nc1cc2c(Nc3ccccc3Cl)ncnc2cc1OC)C(C)(C)C. The molecule has 3 amide bonds. The molecule has 0 saturated carbocycles. The second-order valence-electron chi connectivity index (χ2n) is 11.4. The smallest absolute Gasteiger partial charge is 0.247 e. The summed E-state index contributed by atoms with van der Waals surface area (Å²) in [6.07, 6.45) is 2.59. The largest absolute Gasteiger partial charge is 0.494 e. The summed E-state index contributed by atoms with van der Waals surface area (Å²) >= 11 is 6.34. The van der Waals surface area contributed by atoms with Gasteiger partial charge in [0.25, 0.3) is 0 Å². The zero-order valence-corrected chi connectivity index (χ0v) is 25.5. The van der Waals surface area contributed by atoms with Crippen LogP contribution in [0.3, 0.4) is 0 Å². The number of ether oxygens (including phenoxy) is 1. The van der Waals surface area contributed by atoms with Gasteiger partial charge in [0.2, 0.25) is 17.7 Å². The van der Waals surface area contributed by atoms with Crippen LogP contribution >= 0.6 is 11.6 Å². The van der Waals surface area contributed by atoms with Gasteiger partial charge in [-0.3, -0.25) is 14.4 Å². The maximum absolute atomic E-state index is 13.8. The van der Waals surface area contributed by atoms with Crippen molar-refractivity contribution in [3.8, 4) is 5.75 Å². The van der Waals surface area contributed by atoms with Crippen molar-refractivity contribution < 1.29 is 19.1 Å². The quantitative estimate of drug-likeness (QED) is 0.290. The highest BCUT2D eigenvalue weighted by Crippen LogP contribution is 2.35. The Kier molecular flexibility index (Phi) is 9.53. The molecule has 3 aromatic rings. The number of likely N-dealkylation sites (N-methyl/N-ethyl adjacent to an activating group) is 1. The number of carbonyl (C=O) groups is 3. The second kappa shape index (κ2) is 12.9. The van der Waals surface area contributed by atoms with Crippen molar-refractivity contribution >= 4 is 57.4 Å². The lowest BCUT2D eigenvalue weighted by molar-refractivity contribution is -0.143. The van der Waals surface area contributed by atoms with Crippen LogP contribution < -0.4 is 26.0 Å². The lowest BCUT2D eigenvalue weighted by Gasteiger charge is -2.36. The summed E-state index contributed by atoms with van der Waals surface area (Å²) in [5, 5.41) is 13.2. The fourth-order valence-electron chi connectivity index (χ4n) is 4.87. The molecule has 224 valence electrons. The third-order valence-corrected chi connectivity index (χ3v) is 7.74. The molecule has 0 bridgehead atoms. The Morgan fingerprint density at radius 1 is 1.12 bits per heavy atom. The van der Waals surface area contributed by atoms with Gasteiger partial charge in [-0.1, -0.05) is 44.5 Å². The fourth-order valence-corrected chi connectivity index (χ4v) is 5.06. The molecule has 0 radical (unpaired) electrons. The minimum absolute atomic E-state index is 0.282. The molecule has 2 aromatic carbocycles. The summed E-state index contributed by atoms with van der Waals surface area (Å²) < 4.78 is 5.58. The number of halogens is 1. The molecular formula is C30H38ClN7O4. The third-order valence-electron chi connectivity index (χ3n) is 7.41. The van der Waals surface area contributed by atoms with E-state index in [0.29, 0.717) is 58.3 Å². The number of nitrogens with one attached hydrogen (secondary N) is 4. The van der Waals surface area contributed by atoms with Gasteiger partial charge >= 0.3 is 0 Å². The highest BCUT2D eigenvalue weighted by molar-refractivity contribution is 6.33. The molecule has 1 fully saturated rings. The number of fused-ring (bicyclic) bond motifs is 1. The van der Waals surface area contributed by atoms with Gasteiger partial charge in [-0.25, -0.2) is 9.97 Å². The molecule has 42 heavy (non-hydrogen) atoms. The van der Waals surface area contributed by atoms with Gasteiger partial charge in [-0.15, -0.1) is 0 Å². The number of para-hydroxylation sites is 1. The monoisotopic (exact) mass is 595 g/mol. The summed E-state index contributed by atoms with van der Waals surface area (Å²) in [5.41, 5.74) is 1.11. The molecule has 4 rings (SSSR count). The molecule has 1 saturated heterocycles. The van der Waals surface area contributed by atoms with Crippen LogP contribution in [-0.2, 0) is 14.4 Å². The Balaban J connectivity index is 1.60. The van der Waals surface area contributed by atoms with Gasteiger partial charge in [-0.05, 0) is 50.4 Å². The number of aromatic nitrogens is 2. The minimum atomic E-state index is -0.806. The zero-order valence-electron chi connectivity index (χ0n) is 24.7. The molecule has 3 atom stereocenters. The van der Waals surface area contributed by atoms with E-state index in [9.17, 15) is 14.4 Å². The predicted molar refractivity (Wildman–Crippen MR) is 164 cm³/mol. The van der Waals surface area contributed by atoms with Gasteiger partial charge in [0.15, 0.2) is 0 Å². The first-order valence-corrected chi connectivity index (χ1v) is 14.3. The lowest BCUT2D eigenvalue weighted by Crippen LogP contribution is -2.59. The fraction of sp³-hybridized carbons (Fsp3) is 0.433. The number of nitrogens with zero attached hydrogens (tertiary/aromatic N) is 3. The maximum atomic E-state index is 13.8. The van der Waals surface area contributed by atoms with Crippen LogP contribution in [0.2, 0.25) is 5.02 Å². The van der Waals surface area contributed by atoms with E-state index in [1.165, 1.54) is 13.4 Å². The molecule has 1 aromatic heterocycles. The normalized spacial score (nSPS) is 16.5. The second-order valence-corrected chi connectivity index (χ2v) is 11.8. The third kappa shape index (κ3) is 6.74. The van der Waals surface area contributed by atoms with Gasteiger partial charge in [-0.2, -0.15) is 0 Å². The van der Waals surface area contributed by atoms with E-state index in [-0.39, 0.29) is 17.7 Å². The van der Waals surface area contributed by atoms with Crippen molar-refractivity contribution in [1.82, 2.24) is 25.5 Å². The van der Waals surface area contributed by atoms with Crippen LogP contribution in [-0.4, -0.2) is 71.4 Å². The van der Waals surface area contributed by atoms with Crippen LogP contribution in [0.5, 0.6) is 5.75 Å². The molecule has 0 aliphatic carbocycles. The molecule has 1 aliphatic heterocycles. The summed E-state index contributed by atoms with van der Waals surface area (Å²) in [5.74, 6) is -0.00535. The van der Waals surface area contributed by atoms with Crippen molar-refractivity contribution in [3.05, 3.63) is 47.7 Å². The number of anilines is 3. The Morgan fingerprint density at radius 3 is 2.52 bits per heavy atom. The topological polar surface area (TPSA) is 138 Å². The number of hydrogen-bond donors (Lipinski definition) is 4. The van der Waals surface area contributed by atoms with Crippen molar-refractivity contribution in [1.29, 1.82) is 0 Å². The van der Waals surface area contributed by atoms with Crippen LogP contribution in [0.1, 0.15) is 40.5 Å². The Hall–Kier alpha value is -3.96. The van der Waals surface area contributed by atoms with Gasteiger partial charge < -0.3 is 30.9 Å². The Labute approximate surface area is 250 Å². The van der Waals surface area contributed by atoms with Gasteiger partial charge in [0.1, 0.15) is 30.0 Å². The van der Waals surface area contributed by atoms with E-state index >= 15 is 0 Å². The molecule has 0 spiro atoms. The Morgan fingerprint density at radius 2 is 1.86 bits per heavy atom. The van der Waals surface area contributed by atoms with E-state index in [0.717, 1.165) is 0 Å². The van der Waals surface area contributed by atoms with Gasteiger partial charge in [0.05, 0.1) is 35.1 Å². The number of rotatable bonds is 9. The number of carbonyl (C=O) groups excluding carboxylic acids is 3. The van der Waals surface area contributed by atoms with Crippen LogP contribution in [0, 0.1) is 5.41 Å².